The molecule has 1 aromatic heterocycles. The lowest BCUT2D eigenvalue weighted by Crippen LogP contribution is -1.75. The first-order chi connectivity index (χ1) is 4.38. The Hall–Kier alpha value is -0.370. The molecule has 1 aromatic rings. The largest absolute Gasteiger partial charge is 0.249 e. The third-order valence-electron chi connectivity index (χ3n) is 1.88. The lowest BCUT2D eigenvalue weighted by Gasteiger charge is -1.84. The first-order valence-electron chi connectivity index (χ1n) is 3.27. The zero-order valence-electron chi connectivity index (χ0n) is 5.37. The molecule has 2 atom stereocenters. The summed E-state index contributed by atoms with van der Waals surface area (Å²) in [6.07, 6.45) is 3.25. The average Bonchev–Trinajstić information content (AvgIpc) is 2.44. The number of thiazole rings is 1. The van der Waals surface area contributed by atoms with Crippen LogP contribution in [0.2, 0.25) is 0 Å². The van der Waals surface area contributed by atoms with Gasteiger partial charge < -0.3 is 0 Å². The van der Waals surface area contributed by atoms with Crippen molar-refractivity contribution in [3.8, 4) is 0 Å². The molecule has 1 aliphatic rings. The van der Waals surface area contributed by atoms with Crippen LogP contribution in [0.1, 0.15) is 24.3 Å². The summed E-state index contributed by atoms with van der Waals surface area (Å²) < 4.78 is 0. The Morgan fingerprint density at radius 3 is 3.00 bits per heavy atom. The van der Waals surface area contributed by atoms with Gasteiger partial charge in [-0.2, -0.15) is 0 Å². The van der Waals surface area contributed by atoms with Gasteiger partial charge in [0.15, 0.2) is 0 Å². The topological polar surface area (TPSA) is 12.9 Å². The molecule has 0 radical (unpaired) electrons. The molecule has 2 heteroatoms. The maximum Gasteiger partial charge on any atom is 0.0958 e. The summed E-state index contributed by atoms with van der Waals surface area (Å²) in [5.41, 5.74) is 0. The Balaban J connectivity index is 2.18. The van der Waals surface area contributed by atoms with Gasteiger partial charge in [0.25, 0.3) is 0 Å². The molecule has 2 rings (SSSR count). The SMILES string of the molecule is CC1C[C@@H]1c1nccs1. The Morgan fingerprint density at radius 1 is 1.78 bits per heavy atom. The smallest absolute Gasteiger partial charge is 0.0958 e. The molecule has 1 unspecified atom stereocenters. The minimum Gasteiger partial charge on any atom is -0.249 e. The minimum absolute atomic E-state index is 0.810. The van der Waals surface area contributed by atoms with E-state index < -0.39 is 0 Å². The fourth-order valence-corrected chi connectivity index (χ4v) is 1.97. The summed E-state index contributed by atoms with van der Waals surface area (Å²) >= 11 is 1.79. The van der Waals surface area contributed by atoms with E-state index in [1.54, 1.807) is 11.3 Å². The van der Waals surface area contributed by atoms with E-state index >= 15 is 0 Å². The van der Waals surface area contributed by atoms with Crippen molar-refractivity contribution in [3.05, 3.63) is 16.6 Å². The van der Waals surface area contributed by atoms with Crippen molar-refractivity contribution in [1.29, 1.82) is 0 Å². The van der Waals surface area contributed by atoms with Gasteiger partial charge in [0.05, 0.1) is 5.01 Å². The third-order valence-corrected chi connectivity index (χ3v) is 2.79. The van der Waals surface area contributed by atoms with Gasteiger partial charge >= 0.3 is 0 Å². The molecule has 1 nitrogen and oxygen atoms in total. The quantitative estimate of drug-likeness (QED) is 0.581. The zero-order chi connectivity index (χ0) is 6.27. The van der Waals surface area contributed by atoms with Crippen LogP contribution < -0.4 is 0 Å². The first kappa shape index (κ1) is 5.42. The normalized spacial score (nSPS) is 32.6. The van der Waals surface area contributed by atoms with E-state index in [0.717, 1.165) is 11.8 Å². The van der Waals surface area contributed by atoms with Crippen LogP contribution in [-0.4, -0.2) is 4.98 Å². The summed E-state index contributed by atoms with van der Waals surface area (Å²) in [5, 5.41) is 3.39. The van der Waals surface area contributed by atoms with Crippen molar-refractivity contribution in [1.82, 2.24) is 4.98 Å². The number of hydrogen-bond donors (Lipinski definition) is 0. The van der Waals surface area contributed by atoms with Gasteiger partial charge in [0, 0.05) is 17.5 Å². The molecule has 48 valence electrons. The number of aromatic nitrogens is 1. The third kappa shape index (κ3) is 0.874. The predicted octanol–water partition coefficient (Wildman–Crippen LogP) is 2.27. The van der Waals surface area contributed by atoms with E-state index in [0.29, 0.717) is 0 Å². The Labute approximate surface area is 58.7 Å². The highest BCUT2D eigenvalue weighted by Gasteiger charge is 2.35. The van der Waals surface area contributed by atoms with Crippen molar-refractivity contribution in [2.45, 2.75) is 19.3 Å². The van der Waals surface area contributed by atoms with Crippen LogP contribution in [0.4, 0.5) is 0 Å². The number of hydrogen-bond acceptors (Lipinski definition) is 2. The molecule has 0 N–H and O–H groups in total. The maximum atomic E-state index is 4.25. The van der Waals surface area contributed by atoms with Crippen molar-refractivity contribution in [2.24, 2.45) is 5.92 Å². The second-order valence-corrected chi connectivity index (χ2v) is 3.62. The van der Waals surface area contributed by atoms with Crippen LogP contribution >= 0.6 is 11.3 Å². The number of nitrogens with zero attached hydrogens (tertiary/aromatic N) is 1. The molecule has 1 heterocycles. The van der Waals surface area contributed by atoms with Crippen LogP contribution in [0.3, 0.4) is 0 Å². The molecule has 0 spiro atoms. The van der Waals surface area contributed by atoms with Gasteiger partial charge in [-0.15, -0.1) is 11.3 Å². The molecular formula is C7H9NS. The predicted molar refractivity (Wildman–Crippen MR) is 38.6 cm³/mol. The van der Waals surface area contributed by atoms with E-state index in [2.05, 4.69) is 17.3 Å². The van der Waals surface area contributed by atoms with E-state index in [9.17, 15) is 0 Å². The van der Waals surface area contributed by atoms with Crippen LogP contribution in [0.15, 0.2) is 11.6 Å². The van der Waals surface area contributed by atoms with E-state index in [1.807, 2.05) is 6.20 Å². The van der Waals surface area contributed by atoms with Gasteiger partial charge in [-0.3, -0.25) is 0 Å². The second kappa shape index (κ2) is 1.81. The van der Waals surface area contributed by atoms with E-state index in [1.165, 1.54) is 11.4 Å². The van der Waals surface area contributed by atoms with E-state index in [4.69, 9.17) is 0 Å². The van der Waals surface area contributed by atoms with Gasteiger partial charge in [0.2, 0.25) is 0 Å². The highest BCUT2D eigenvalue weighted by molar-refractivity contribution is 7.09. The molecule has 9 heavy (non-hydrogen) atoms. The molecular weight excluding hydrogens is 130 g/mol. The lowest BCUT2D eigenvalue weighted by atomic mass is 10.4. The highest BCUT2D eigenvalue weighted by atomic mass is 32.1. The molecule has 0 bridgehead atoms. The van der Waals surface area contributed by atoms with Crippen molar-refractivity contribution in [2.75, 3.05) is 0 Å². The molecule has 1 saturated carbocycles. The molecule has 0 saturated heterocycles. The summed E-state index contributed by atoms with van der Waals surface area (Å²) in [6.45, 7) is 2.28. The monoisotopic (exact) mass is 139 g/mol. The van der Waals surface area contributed by atoms with Crippen LogP contribution in [-0.2, 0) is 0 Å². The summed E-state index contributed by atoms with van der Waals surface area (Å²) in [7, 11) is 0. The molecule has 0 amide bonds. The number of rotatable bonds is 1. The molecule has 1 aliphatic carbocycles. The van der Waals surface area contributed by atoms with Crippen molar-refractivity contribution < 1.29 is 0 Å². The minimum atomic E-state index is 0.810. The summed E-state index contributed by atoms with van der Waals surface area (Å²) in [5.74, 6) is 1.71. The molecule has 0 aliphatic heterocycles. The van der Waals surface area contributed by atoms with Gasteiger partial charge in [-0.05, 0) is 12.3 Å². The van der Waals surface area contributed by atoms with Crippen molar-refractivity contribution in [3.63, 3.8) is 0 Å². The Kier molecular flexibility index (Phi) is 1.09. The Bertz CT molecular complexity index is 193. The zero-order valence-corrected chi connectivity index (χ0v) is 6.19. The maximum absolute atomic E-state index is 4.25. The standard InChI is InChI=1S/C7H9NS/c1-5-4-6(5)7-8-2-3-9-7/h2-3,5-6H,4H2,1H3/t5?,6-/m0/s1. The Morgan fingerprint density at radius 2 is 2.56 bits per heavy atom. The average molecular weight is 139 g/mol. The molecule has 1 fully saturated rings. The highest BCUT2D eigenvalue weighted by Crippen LogP contribution is 2.47. The van der Waals surface area contributed by atoms with Crippen LogP contribution in [0.5, 0.6) is 0 Å². The summed E-state index contributed by atoms with van der Waals surface area (Å²) in [6, 6.07) is 0. The first-order valence-corrected chi connectivity index (χ1v) is 4.15. The molecule has 0 aromatic carbocycles. The van der Waals surface area contributed by atoms with Crippen LogP contribution in [0, 0.1) is 5.92 Å². The van der Waals surface area contributed by atoms with Gasteiger partial charge in [0.1, 0.15) is 0 Å². The fourth-order valence-electron chi connectivity index (χ4n) is 1.08. The van der Waals surface area contributed by atoms with Crippen molar-refractivity contribution >= 4 is 11.3 Å². The fraction of sp³-hybridized carbons (Fsp3) is 0.571. The lowest BCUT2D eigenvalue weighted by molar-refractivity contribution is 0.906. The van der Waals surface area contributed by atoms with Gasteiger partial charge in [-0.1, -0.05) is 6.92 Å². The summed E-state index contributed by atoms with van der Waals surface area (Å²) in [4.78, 5) is 4.25. The van der Waals surface area contributed by atoms with E-state index in [-0.39, 0.29) is 0 Å². The van der Waals surface area contributed by atoms with Gasteiger partial charge in [-0.25, -0.2) is 4.98 Å². The van der Waals surface area contributed by atoms with Crippen LogP contribution in [0.25, 0.3) is 0 Å². The second-order valence-electron chi connectivity index (χ2n) is 2.69.